The molecule has 0 fully saturated rings. The zero-order valence-electron chi connectivity index (χ0n) is 24.6. The molecule has 0 heterocycles. The van der Waals surface area contributed by atoms with Crippen LogP contribution >= 0.6 is 0 Å². The van der Waals surface area contributed by atoms with Crippen molar-refractivity contribution in [3.8, 4) is 0 Å². The molecule has 0 saturated heterocycles. The number of benzene rings is 4. The highest BCUT2D eigenvalue weighted by atomic mass is 17.7. The van der Waals surface area contributed by atoms with Gasteiger partial charge in [-0.2, -0.15) is 9.78 Å². The van der Waals surface area contributed by atoms with Crippen molar-refractivity contribution in [3.05, 3.63) is 144 Å². The first-order valence-electron chi connectivity index (χ1n) is 14.0. The van der Waals surface area contributed by atoms with Gasteiger partial charge in [-0.15, -0.1) is 0 Å². The average Bonchev–Trinajstić information content (AvgIpc) is 2.96. The van der Waals surface area contributed by atoms with Crippen LogP contribution in [0.25, 0.3) is 0 Å². The molecular weight excluding hydrogens is 496 g/mol. The van der Waals surface area contributed by atoms with Crippen LogP contribution in [-0.4, -0.2) is 0 Å². The molecule has 0 radical (unpaired) electrons. The van der Waals surface area contributed by atoms with E-state index in [-0.39, 0.29) is 10.8 Å². The van der Waals surface area contributed by atoms with Crippen LogP contribution in [0.2, 0.25) is 0 Å². The summed E-state index contributed by atoms with van der Waals surface area (Å²) in [4.78, 5) is 12.3. The zero-order valence-corrected chi connectivity index (χ0v) is 24.6. The fraction of sp³-hybridized carbons (Fsp3) is 0.333. The molecule has 4 rings (SSSR count). The lowest BCUT2D eigenvalue weighted by Crippen LogP contribution is -2.45. The fourth-order valence-electron chi connectivity index (χ4n) is 5.33. The van der Waals surface area contributed by atoms with Gasteiger partial charge in [0, 0.05) is 10.8 Å². The molecule has 0 aliphatic heterocycles. The molecule has 0 aliphatic rings. The van der Waals surface area contributed by atoms with E-state index < -0.39 is 11.2 Å². The third-order valence-corrected chi connectivity index (χ3v) is 8.64. The summed E-state index contributed by atoms with van der Waals surface area (Å²) in [5, 5.41) is 11.0. The van der Waals surface area contributed by atoms with E-state index in [1.54, 1.807) is 0 Å². The maximum Gasteiger partial charge on any atom is 0.134 e. The molecule has 0 amide bonds. The predicted molar refractivity (Wildman–Crippen MR) is 160 cm³/mol. The highest BCUT2D eigenvalue weighted by Crippen LogP contribution is 2.47. The van der Waals surface area contributed by atoms with Crippen molar-refractivity contribution >= 4 is 0 Å². The molecule has 2 atom stereocenters. The minimum absolute atomic E-state index is 0.367. The Kier molecular flexibility index (Phi) is 9.27. The van der Waals surface area contributed by atoms with Crippen LogP contribution in [0.5, 0.6) is 0 Å². The minimum Gasteiger partial charge on any atom is -0.192 e. The standard InChI is InChI=1S/C36H42O4/c1-33(2,27-29-19-11-7-12-20-29)35(5,31-23-15-9-16-24-31)37-39-40-38-36(6,32-25-17-10-18-26-32)34(3,4)28-30-21-13-8-14-22-30/h7-26H,27-28H2,1-6H3. The summed E-state index contributed by atoms with van der Waals surface area (Å²) in [6.45, 7) is 12.8. The van der Waals surface area contributed by atoms with Crippen molar-refractivity contribution in [2.24, 2.45) is 10.8 Å². The normalized spacial score (nSPS) is 15.2. The second-order valence-electron chi connectivity index (χ2n) is 12.2. The van der Waals surface area contributed by atoms with E-state index in [9.17, 15) is 0 Å². The third-order valence-electron chi connectivity index (χ3n) is 8.64. The SMILES string of the molecule is CC(C)(Cc1ccccc1)C(C)(OOOOC(C)(c1ccccc1)C(C)(C)Cc1ccccc1)c1ccccc1. The largest absolute Gasteiger partial charge is 0.192 e. The molecule has 210 valence electrons. The molecule has 0 spiro atoms. The molecule has 40 heavy (non-hydrogen) atoms. The second-order valence-corrected chi connectivity index (χ2v) is 12.2. The number of hydrogen-bond acceptors (Lipinski definition) is 4. The first kappa shape index (κ1) is 29.7. The van der Waals surface area contributed by atoms with Gasteiger partial charge in [0.05, 0.1) is 0 Å². The summed E-state index contributed by atoms with van der Waals surface area (Å²) in [6, 6.07) is 41.0. The summed E-state index contributed by atoms with van der Waals surface area (Å²) in [5.41, 5.74) is 1.96. The lowest BCUT2D eigenvalue weighted by atomic mass is 9.68. The lowest BCUT2D eigenvalue weighted by molar-refractivity contribution is -0.677. The van der Waals surface area contributed by atoms with Crippen LogP contribution in [0.4, 0.5) is 0 Å². The summed E-state index contributed by atoms with van der Waals surface area (Å²) in [6.07, 6.45) is 1.55. The van der Waals surface area contributed by atoms with Crippen molar-refractivity contribution in [1.82, 2.24) is 0 Å². The molecule has 0 aromatic heterocycles. The Morgan fingerprint density at radius 2 is 0.675 bits per heavy atom. The smallest absolute Gasteiger partial charge is 0.134 e. The minimum atomic E-state index is -0.851. The summed E-state index contributed by atoms with van der Waals surface area (Å²) >= 11 is 0. The molecule has 0 aliphatic carbocycles. The van der Waals surface area contributed by atoms with E-state index >= 15 is 0 Å². The number of hydrogen-bond donors (Lipinski definition) is 0. The molecular formula is C36H42O4. The third kappa shape index (κ3) is 6.54. The van der Waals surface area contributed by atoms with Crippen molar-refractivity contribution in [2.75, 3.05) is 0 Å². The second kappa shape index (κ2) is 12.5. The Morgan fingerprint density at radius 3 is 0.975 bits per heavy atom. The number of rotatable bonds is 13. The highest BCUT2D eigenvalue weighted by Gasteiger charge is 2.48. The van der Waals surface area contributed by atoms with Gasteiger partial charge in [0.2, 0.25) is 0 Å². The molecule has 4 heteroatoms. The van der Waals surface area contributed by atoms with Crippen LogP contribution in [0.3, 0.4) is 0 Å². The van der Waals surface area contributed by atoms with Crippen molar-refractivity contribution in [1.29, 1.82) is 0 Å². The van der Waals surface area contributed by atoms with Gasteiger partial charge in [0.25, 0.3) is 0 Å². The molecule has 4 nitrogen and oxygen atoms in total. The van der Waals surface area contributed by atoms with E-state index in [4.69, 9.17) is 19.9 Å². The van der Waals surface area contributed by atoms with E-state index in [1.165, 1.54) is 11.1 Å². The van der Waals surface area contributed by atoms with E-state index in [1.807, 2.05) is 86.6 Å². The molecule has 4 aromatic carbocycles. The molecule has 2 unspecified atom stereocenters. The predicted octanol–water partition coefficient (Wildman–Crippen LogP) is 9.17. The Balaban J connectivity index is 1.55. The van der Waals surface area contributed by atoms with Crippen LogP contribution in [-0.2, 0) is 43.9 Å². The van der Waals surface area contributed by atoms with Gasteiger partial charge in [0.15, 0.2) is 0 Å². The lowest BCUT2D eigenvalue weighted by Gasteiger charge is -2.44. The van der Waals surface area contributed by atoms with Crippen LogP contribution in [0.15, 0.2) is 121 Å². The van der Waals surface area contributed by atoms with Crippen LogP contribution in [0, 0.1) is 10.8 Å². The van der Waals surface area contributed by atoms with Crippen molar-refractivity contribution < 1.29 is 19.9 Å². The maximum atomic E-state index is 6.17. The van der Waals surface area contributed by atoms with Crippen molar-refractivity contribution in [3.63, 3.8) is 0 Å². The summed E-state index contributed by atoms with van der Waals surface area (Å²) in [7, 11) is 0. The van der Waals surface area contributed by atoms with E-state index in [0.717, 1.165) is 24.0 Å². The summed E-state index contributed by atoms with van der Waals surface area (Å²) in [5.74, 6) is 0. The van der Waals surface area contributed by atoms with Gasteiger partial charge in [0.1, 0.15) is 11.2 Å². The van der Waals surface area contributed by atoms with Crippen LogP contribution < -0.4 is 0 Å². The molecule has 0 bridgehead atoms. The molecule has 0 N–H and O–H groups in total. The van der Waals surface area contributed by atoms with Gasteiger partial charge in [-0.05, 0) is 59.0 Å². The van der Waals surface area contributed by atoms with E-state index in [0.29, 0.717) is 0 Å². The zero-order chi connectivity index (χ0) is 28.7. The first-order chi connectivity index (χ1) is 19.1. The quantitative estimate of drug-likeness (QED) is 0.0966. The Labute approximate surface area is 239 Å². The van der Waals surface area contributed by atoms with Gasteiger partial charge in [-0.25, -0.2) is 0 Å². The van der Waals surface area contributed by atoms with Gasteiger partial charge >= 0.3 is 0 Å². The summed E-state index contributed by atoms with van der Waals surface area (Å²) < 4.78 is 0. The highest BCUT2D eigenvalue weighted by molar-refractivity contribution is 5.28. The van der Waals surface area contributed by atoms with Crippen molar-refractivity contribution in [2.45, 2.75) is 65.6 Å². The van der Waals surface area contributed by atoms with Crippen LogP contribution in [0.1, 0.15) is 63.8 Å². The average molecular weight is 539 g/mol. The fourth-order valence-corrected chi connectivity index (χ4v) is 5.33. The molecule has 4 aromatic rings. The Bertz CT molecular complexity index is 1200. The van der Waals surface area contributed by atoms with Gasteiger partial charge < -0.3 is 0 Å². The van der Waals surface area contributed by atoms with Gasteiger partial charge in [-0.1, -0.05) is 149 Å². The first-order valence-corrected chi connectivity index (χ1v) is 14.0. The van der Waals surface area contributed by atoms with Gasteiger partial charge in [-0.3, -0.25) is 0 Å². The topological polar surface area (TPSA) is 36.9 Å². The Hall–Kier alpha value is -3.28. The Morgan fingerprint density at radius 1 is 0.400 bits per heavy atom. The molecule has 0 saturated carbocycles. The monoisotopic (exact) mass is 538 g/mol. The maximum absolute atomic E-state index is 6.17. The van der Waals surface area contributed by atoms with E-state index in [2.05, 4.69) is 76.2 Å².